The van der Waals surface area contributed by atoms with E-state index >= 15 is 0 Å². The number of hydrogen-bond donors (Lipinski definition) is 1. The number of benzene rings is 2. The molecule has 106 valence electrons. The summed E-state index contributed by atoms with van der Waals surface area (Å²) in [5, 5.41) is 5.02. The van der Waals surface area contributed by atoms with Gasteiger partial charge in [0.1, 0.15) is 0 Å². The lowest BCUT2D eigenvalue weighted by Gasteiger charge is -2.17. The van der Waals surface area contributed by atoms with Crippen LogP contribution in [0.1, 0.15) is 11.1 Å². The lowest BCUT2D eigenvalue weighted by Crippen LogP contribution is -2.37. The Labute approximate surface area is 131 Å². The Balaban J connectivity index is 2.06. The molecule has 2 rings (SSSR count). The van der Waals surface area contributed by atoms with Gasteiger partial charge in [0.05, 0.1) is 8.07 Å². The third-order valence-corrected chi connectivity index (χ3v) is 6.50. The van der Waals surface area contributed by atoms with Crippen molar-refractivity contribution >= 4 is 34.9 Å². The van der Waals surface area contributed by atoms with Gasteiger partial charge in [-0.05, 0) is 30.2 Å². The highest BCUT2D eigenvalue weighted by atomic mass is 79.9. The van der Waals surface area contributed by atoms with E-state index in [2.05, 4.69) is 90.3 Å². The summed E-state index contributed by atoms with van der Waals surface area (Å²) in [6.07, 6.45) is 0. The molecule has 0 aromatic heterocycles. The fourth-order valence-electron chi connectivity index (χ4n) is 2.12. The smallest absolute Gasteiger partial charge is 0.0775 e. The molecule has 0 aliphatic heterocycles. The number of rotatable bonds is 4. The maximum absolute atomic E-state index is 3.57. The summed E-state index contributed by atoms with van der Waals surface area (Å²) in [6, 6.07) is 15.3. The second-order valence-corrected chi connectivity index (χ2v) is 12.1. The van der Waals surface area contributed by atoms with Gasteiger partial charge in [0.2, 0.25) is 0 Å². The maximum atomic E-state index is 3.57. The molecule has 2 aromatic carbocycles. The van der Waals surface area contributed by atoms with Crippen LogP contribution in [0.25, 0.3) is 0 Å². The van der Waals surface area contributed by atoms with Gasteiger partial charge in [-0.1, -0.05) is 71.1 Å². The molecule has 0 saturated carbocycles. The van der Waals surface area contributed by atoms with E-state index in [0.717, 1.165) is 11.0 Å². The normalized spacial score (nSPS) is 11.4. The van der Waals surface area contributed by atoms with Crippen molar-refractivity contribution in [3.8, 4) is 0 Å². The highest BCUT2D eigenvalue weighted by Crippen LogP contribution is 2.23. The summed E-state index contributed by atoms with van der Waals surface area (Å²) in [5.74, 6) is 0. The first-order valence-corrected chi connectivity index (χ1v) is 11.3. The van der Waals surface area contributed by atoms with E-state index in [-0.39, 0.29) is 0 Å². The topological polar surface area (TPSA) is 12.0 Å². The van der Waals surface area contributed by atoms with Gasteiger partial charge in [0.15, 0.2) is 0 Å². The van der Waals surface area contributed by atoms with Crippen LogP contribution in [0.2, 0.25) is 19.6 Å². The Hall–Kier alpha value is -1.06. The van der Waals surface area contributed by atoms with Crippen molar-refractivity contribution in [1.29, 1.82) is 0 Å². The van der Waals surface area contributed by atoms with E-state index in [1.807, 2.05) is 0 Å². The second kappa shape index (κ2) is 6.14. The van der Waals surface area contributed by atoms with Gasteiger partial charge in [-0.25, -0.2) is 0 Å². The number of hydrogen-bond acceptors (Lipinski definition) is 1. The minimum atomic E-state index is -1.19. The third kappa shape index (κ3) is 3.74. The van der Waals surface area contributed by atoms with Crippen LogP contribution in [0.5, 0.6) is 0 Å². The van der Waals surface area contributed by atoms with Gasteiger partial charge in [-0.15, -0.1) is 0 Å². The Morgan fingerprint density at radius 1 is 1.00 bits per heavy atom. The molecule has 0 fully saturated rings. The van der Waals surface area contributed by atoms with Crippen LogP contribution in [-0.4, -0.2) is 8.07 Å². The van der Waals surface area contributed by atoms with Crippen LogP contribution in [0.3, 0.4) is 0 Å². The first-order valence-electron chi connectivity index (χ1n) is 6.96. The lowest BCUT2D eigenvalue weighted by molar-refractivity contribution is 1.14. The Kier molecular flexibility index (Phi) is 4.71. The van der Waals surface area contributed by atoms with Crippen molar-refractivity contribution < 1.29 is 0 Å². The molecule has 1 nitrogen and oxygen atoms in total. The van der Waals surface area contributed by atoms with Gasteiger partial charge >= 0.3 is 0 Å². The molecule has 20 heavy (non-hydrogen) atoms. The highest BCUT2D eigenvalue weighted by molar-refractivity contribution is 9.10. The molecule has 0 heterocycles. The summed E-state index contributed by atoms with van der Waals surface area (Å²) < 4.78 is 1.15. The highest BCUT2D eigenvalue weighted by Gasteiger charge is 2.15. The monoisotopic (exact) mass is 347 g/mol. The molecule has 0 aliphatic rings. The molecule has 1 N–H and O–H groups in total. The molecule has 2 aromatic rings. The van der Waals surface area contributed by atoms with Crippen LogP contribution >= 0.6 is 15.9 Å². The van der Waals surface area contributed by atoms with E-state index in [1.165, 1.54) is 22.0 Å². The maximum Gasteiger partial charge on any atom is 0.0775 e. The van der Waals surface area contributed by atoms with Crippen molar-refractivity contribution in [3.63, 3.8) is 0 Å². The van der Waals surface area contributed by atoms with E-state index in [4.69, 9.17) is 0 Å². The SMILES string of the molecule is Cc1c(Br)cccc1NCc1ccc([Si](C)(C)C)cc1. The van der Waals surface area contributed by atoms with Crippen LogP contribution in [0, 0.1) is 6.92 Å². The number of halogens is 1. The zero-order chi connectivity index (χ0) is 14.8. The minimum Gasteiger partial charge on any atom is -0.381 e. The fourth-order valence-corrected chi connectivity index (χ4v) is 3.65. The average Bonchev–Trinajstić information content (AvgIpc) is 2.40. The van der Waals surface area contributed by atoms with Gasteiger partial charge in [0.25, 0.3) is 0 Å². The van der Waals surface area contributed by atoms with E-state index in [0.29, 0.717) is 0 Å². The predicted octanol–water partition coefficient (Wildman–Crippen LogP) is 4.91. The Bertz CT molecular complexity index is 585. The molecule has 0 spiro atoms. The Morgan fingerprint density at radius 3 is 2.25 bits per heavy atom. The Morgan fingerprint density at radius 2 is 1.65 bits per heavy atom. The first-order chi connectivity index (χ1) is 9.38. The molecule has 0 atom stereocenters. The summed E-state index contributed by atoms with van der Waals surface area (Å²) in [4.78, 5) is 0. The van der Waals surface area contributed by atoms with E-state index in [9.17, 15) is 0 Å². The second-order valence-electron chi connectivity index (χ2n) is 6.21. The molecule has 0 amide bonds. The average molecular weight is 348 g/mol. The molecule has 0 unspecified atom stereocenters. The molecular formula is C17H22BrNSi. The number of nitrogens with one attached hydrogen (secondary N) is 1. The van der Waals surface area contributed by atoms with Crippen molar-refractivity contribution in [2.45, 2.75) is 33.1 Å². The molecule has 0 bridgehead atoms. The van der Waals surface area contributed by atoms with Gasteiger partial charge in [0, 0.05) is 16.7 Å². The quantitative estimate of drug-likeness (QED) is 0.774. The standard InChI is InChI=1S/C17H22BrNSi/c1-13-16(18)6-5-7-17(13)19-12-14-8-10-15(11-9-14)20(2,3)4/h5-11,19H,12H2,1-4H3. The van der Waals surface area contributed by atoms with Crippen molar-refractivity contribution in [3.05, 3.63) is 58.1 Å². The van der Waals surface area contributed by atoms with Crippen LogP contribution in [-0.2, 0) is 6.54 Å². The van der Waals surface area contributed by atoms with Crippen LogP contribution < -0.4 is 10.5 Å². The van der Waals surface area contributed by atoms with E-state index < -0.39 is 8.07 Å². The lowest BCUT2D eigenvalue weighted by atomic mass is 10.2. The van der Waals surface area contributed by atoms with E-state index in [1.54, 1.807) is 0 Å². The fraction of sp³-hybridized carbons (Fsp3) is 0.294. The zero-order valence-corrected chi connectivity index (χ0v) is 15.2. The third-order valence-electron chi connectivity index (χ3n) is 3.57. The first kappa shape index (κ1) is 15.3. The van der Waals surface area contributed by atoms with Crippen molar-refractivity contribution in [2.24, 2.45) is 0 Å². The summed E-state index contributed by atoms with van der Waals surface area (Å²) in [7, 11) is -1.19. The predicted molar refractivity (Wildman–Crippen MR) is 95.6 cm³/mol. The summed E-state index contributed by atoms with van der Waals surface area (Å²) in [6.45, 7) is 10.1. The van der Waals surface area contributed by atoms with Crippen LogP contribution in [0.15, 0.2) is 46.9 Å². The molecule has 0 aliphatic carbocycles. The zero-order valence-electron chi connectivity index (χ0n) is 12.6. The molecule has 3 heteroatoms. The molecular weight excluding hydrogens is 326 g/mol. The summed E-state index contributed by atoms with van der Waals surface area (Å²) in [5.41, 5.74) is 3.77. The number of anilines is 1. The summed E-state index contributed by atoms with van der Waals surface area (Å²) >= 11 is 3.57. The van der Waals surface area contributed by atoms with Crippen LogP contribution in [0.4, 0.5) is 5.69 Å². The van der Waals surface area contributed by atoms with Crippen molar-refractivity contribution in [2.75, 3.05) is 5.32 Å². The van der Waals surface area contributed by atoms with Gasteiger partial charge < -0.3 is 5.32 Å². The minimum absolute atomic E-state index is 0.864. The largest absolute Gasteiger partial charge is 0.381 e. The van der Waals surface area contributed by atoms with Gasteiger partial charge in [-0.2, -0.15) is 0 Å². The van der Waals surface area contributed by atoms with Crippen molar-refractivity contribution in [1.82, 2.24) is 0 Å². The molecule has 0 radical (unpaired) electrons. The molecule has 0 saturated heterocycles. The van der Waals surface area contributed by atoms with Gasteiger partial charge in [-0.3, -0.25) is 0 Å².